The largest absolute Gasteiger partial charge is 0.336 e. The molecule has 0 unspecified atom stereocenters. The molecule has 0 atom stereocenters. The number of amides is 1. The minimum absolute atomic E-state index is 0.133. The third-order valence-corrected chi connectivity index (χ3v) is 9.50. The minimum Gasteiger partial charge on any atom is -0.336 e. The van der Waals surface area contributed by atoms with Crippen LogP contribution in [0.15, 0.2) is 46.7 Å². The Kier molecular flexibility index (Phi) is 5.52. The van der Waals surface area contributed by atoms with Gasteiger partial charge in [-0.25, -0.2) is 8.42 Å². The van der Waals surface area contributed by atoms with E-state index in [2.05, 4.69) is 23.5 Å². The van der Waals surface area contributed by atoms with Crippen molar-refractivity contribution in [1.82, 2.24) is 14.5 Å². The molecule has 1 saturated heterocycles. The Labute approximate surface area is 190 Å². The SMILES string of the molecule is O=C1CN(S(=O)(=O)c2cc3ccc(Cl)cc3s2)CCN1Cc1ccc2c(c1)CCNC2. The number of carbonyl (C=O) groups is 1. The van der Waals surface area contributed by atoms with Crippen LogP contribution in [-0.2, 0) is 34.3 Å². The maximum absolute atomic E-state index is 13.1. The van der Waals surface area contributed by atoms with Crippen molar-refractivity contribution in [2.24, 2.45) is 0 Å². The zero-order valence-corrected chi connectivity index (χ0v) is 19.2. The fourth-order valence-electron chi connectivity index (χ4n) is 4.14. The number of piperazine rings is 1. The number of nitrogens with zero attached hydrogens (tertiary/aromatic N) is 2. The number of thiophene rings is 1. The molecular weight excluding hydrogens is 454 g/mol. The zero-order chi connectivity index (χ0) is 21.6. The van der Waals surface area contributed by atoms with Gasteiger partial charge in [-0.15, -0.1) is 11.3 Å². The molecule has 31 heavy (non-hydrogen) atoms. The van der Waals surface area contributed by atoms with Gasteiger partial charge in [0.15, 0.2) is 0 Å². The van der Waals surface area contributed by atoms with Crippen molar-refractivity contribution in [2.75, 3.05) is 26.2 Å². The predicted octanol–water partition coefficient (Wildman–Crippen LogP) is 3.23. The second-order valence-electron chi connectivity index (χ2n) is 7.93. The van der Waals surface area contributed by atoms with Crippen LogP contribution in [0, 0.1) is 0 Å². The van der Waals surface area contributed by atoms with E-state index in [1.807, 2.05) is 6.07 Å². The van der Waals surface area contributed by atoms with Crippen LogP contribution in [0.4, 0.5) is 0 Å². The van der Waals surface area contributed by atoms with Crippen LogP contribution in [0.5, 0.6) is 0 Å². The summed E-state index contributed by atoms with van der Waals surface area (Å²) in [5, 5.41) is 4.76. The summed E-state index contributed by atoms with van der Waals surface area (Å²) in [6.45, 7) is 2.90. The first-order valence-corrected chi connectivity index (χ1v) is 12.8. The van der Waals surface area contributed by atoms with E-state index < -0.39 is 10.0 Å². The zero-order valence-electron chi connectivity index (χ0n) is 16.8. The van der Waals surface area contributed by atoms with E-state index in [-0.39, 0.29) is 23.2 Å². The topological polar surface area (TPSA) is 69.7 Å². The highest BCUT2D eigenvalue weighted by molar-refractivity contribution is 7.91. The molecule has 0 aliphatic carbocycles. The van der Waals surface area contributed by atoms with Crippen LogP contribution in [0.25, 0.3) is 10.1 Å². The second kappa shape index (κ2) is 8.18. The standard InChI is InChI=1S/C22H22ClN3O3S2/c23-19-4-3-17-10-22(30-20(17)11-19)31(28,29)26-8-7-25(21(27)14-26)13-15-1-2-18-12-24-6-5-16(18)9-15/h1-4,9-11,24H,5-8,12-14H2. The van der Waals surface area contributed by atoms with E-state index >= 15 is 0 Å². The molecule has 0 saturated carbocycles. The first-order chi connectivity index (χ1) is 14.9. The highest BCUT2D eigenvalue weighted by Gasteiger charge is 2.34. The molecule has 1 amide bonds. The Morgan fingerprint density at radius 3 is 2.77 bits per heavy atom. The van der Waals surface area contributed by atoms with Crippen molar-refractivity contribution >= 4 is 49.0 Å². The van der Waals surface area contributed by atoms with Crippen LogP contribution >= 0.6 is 22.9 Å². The van der Waals surface area contributed by atoms with Crippen molar-refractivity contribution in [2.45, 2.75) is 23.7 Å². The molecule has 2 aliphatic rings. The second-order valence-corrected chi connectivity index (χ2v) is 11.6. The molecule has 2 aromatic carbocycles. The third kappa shape index (κ3) is 4.10. The molecule has 1 fully saturated rings. The smallest absolute Gasteiger partial charge is 0.253 e. The highest BCUT2D eigenvalue weighted by atomic mass is 35.5. The average molecular weight is 476 g/mol. The van der Waals surface area contributed by atoms with E-state index in [4.69, 9.17) is 11.6 Å². The van der Waals surface area contributed by atoms with Crippen LogP contribution in [0.3, 0.4) is 0 Å². The summed E-state index contributed by atoms with van der Waals surface area (Å²) in [6.07, 6.45) is 0.990. The Morgan fingerprint density at radius 2 is 1.94 bits per heavy atom. The van der Waals surface area contributed by atoms with Crippen molar-refractivity contribution in [1.29, 1.82) is 0 Å². The molecule has 6 nitrogen and oxygen atoms in total. The van der Waals surface area contributed by atoms with Gasteiger partial charge in [0.1, 0.15) is 4.21 Å². The molecule has 2 aliphatic heterocycles. The summed E-state index contributed by atoms with van der Waals surface area (Å²) in [5.74, 6) is -0.168. The van der Waals surface area contributed by atoms with Gasteiger partial charge in [-0.2, -0.15) is 4.31 Å². The summed E-state index contributed by atoms with van der Waals surface area (Å²) < 4.78 is 28.6. The molecule has 1 aromatic heterocycles. The van der Waals surface area contributed by atoms with Crippen molar-refractivity contribution in [3.05, 3.63) is 64.2 Å². The molecule has 3 heterocycles. The molecule has 0 radical (unpaired) electrons. The molecule has 162 valence electrons. The number of carbonyl (C=O) groups excluding carboxylic acids is 1. The minimum atomic E-state index is -3.72. The normalized spacial score (nSPS) is 17.8. The Balaban J connectivity index is 1.30. The molecule has 0 spiro atoms. The number of benzene rings is 2. The molecule has 9 heteroatoms. The molecule has 0 bridgehead atoms. The Bertz CT molecular complexity index is 1270. The predicted molar refractivity (Wildman–Crippen MR) is 123 cm³/mol. The van der Waals surface area contributed by atoms with E-state index in [0.717, 1.165) is 35.2 Å². The summed E-state index contributed by atoms with van der Waals surface area (Å²) >= 11 is 7.21. The number of hydrogen-bond acceptors (Lipinski definition) is 5. The first kappa shape index (κ1) is 20.9. The fraction of sp³-hybridized carbons (Fsp3) is 0.318. The van der Waals surface area contributed by atoms with Gasteiger partial charge in [-0.3, -0.25) is 4.79 Å². The molecular formula is C22H22ClN3O3S2. The van der Waals surface area contributed by atoms with E-state index in [0.29, 0.717) is 18.1 Å². The van der Waals surface area contributed by atoms with Gasteiger partial charge >= 0.3 is 0 Å². The van der Waals surface area contributed by atoms with E-state index in [1.165, 1.54) is 26.8 Å². The Morgan fingerprint density at radius 1 is 1.06 bits per heavy atom. The monoisotopic (exact) mass is 475 g/mol. The number of rotatable bonds is 4. The third-order valence-electron chi connectivity index (χ3n) is 5.87. The van der Waals surface area contributed by atoms with Crippen molar-refractivity contribution in [3.8, 4) is 0 Å². The first-order valence-electron chi connectivity index (χ1n) is 10.2. The van der Waals surface area contributed by atoms with E-state index in [1.54, 1.807) is 23.1 Å². The summed E-state index contributed by atoms with van der Waals surface area (Å²) in [4.78, 5) is 14.5. The van der Waals surface area contributed by atoms with Gasteiger partial charge in [-0.05, 0) is 53.2 Å². The fourth-order valence-corrected chi connectivity index (χ4v) is 7.35. The summed E-state index contributed by atoms with van der Waals surface area (Å²) in [5.41, 5.74) is 3.73. The van der Waals surface area contributed by atoms with Crippen LogP contribution in [0.2, 0.25) is 5.02 Å². The summed E-state index contributed by atoms with van der Waals surface area (Å²) in [6, 6.07) is 13.3. The highest BCUT2D eigenvalue weighted by Crippen LogP contribution is 2.33. The van der Waals surface area contributed by atoms with Gasteiger partial charge in [0.2, 0.25) is 5.91 Å². The number of sulfonamides is 1. The van der Waals surface area contributed by atoms with E-state index in [9.17, 15) is 13.2 Å². The van der Waals surface area contributed by atoms with Gasteiger partial charge in [0, 0.05) is 35.9 Å². The number of nitrogens with one attached hydrogen (secondary N) is 1. The van der Waals surface area contributed by atoms with Crippen LogP contribution in [0.1, 0.15) is 16.7 Å². The van der Waals surface area contributed by atoms with Gasteiger partial charge in [0.25, 0.3) is 10.0 Å². The lowest BCUT2D eigenvalue weighted by molar-refractivity contribution is -0.134. The summed E-state index contributed by atoms with van der Waals surface area (Å²) in [7, 11) is -3.72. The molecule has 1 N–H and O–H groups in total. The van der Waals surface area contributed by atoms with Gasteiger partial charge in [-0.1, -0.05) is 35.9 Å². The number of halogens is 1. The lowest BCUT2D eigenvalue weighted by Gasteiger charge is -2.33. The lowest BCUT2D eigenvalue weighted by Crippen LogP contribution is -2.51. The maximum Gasteiger partial charge on any atom is 0.253 e. The molecule has 3 aromatic rings. The Hall–Kier alpha value is -1.97. The average Bonchev–Trinajstić information content (AvgIpc) is 3.19. The van der Waals surface area contributed by atoms with Crippen LogP contribution < -0.4 is 5.32 Å². The number of hydrogen-bond donors (Lipinski definition) is 1. The lowest BCUT2D eigenvalue weighted by atomic mass is 9.98. The number of fused-ring (bicyclic) bond motifs is 2. The van der Waals surface area contributed by atoms with Crippen molar-refractivity contribution in [3.63, 3.8) is 0 Å². The van der Waals surface area contributed by atoms with Gasteiger partial charge in [0.05, 0.1) is 6.54 Å². The van der Waals surface area contributed by atoms with Crippen molar-refractivity contribution < 1.29 is 13.2 Å². The van der Waals surface area contributed by atoms with Crippen LogP contribution in [-0.4, -0.2) is 49.7 Å². The molecule has 5 rings (SSSR count). The maximum atomic E-state index is 13.1. The quantitative estimate of drug-likeness (QED) is 0.629. The van der Waals surface area contributed by atoms with Gasteiger partial charge < -0.3 is 10.2 Å².